The van der Waals surface area contributed by atoms with Crippen LogP contribution in [0.15, 0.2) is 95.9 Å². The third kappa shape index (κ3) is 9.29. The number of hydrogen-bond acceptors (Lipinski definition) is 6. The Morgan fingerprint density at radius 3 is 2.42 bits per heavy atom. The van der Waals surface area contributed by atoms with Crippen LogP contribution in [0.3, 0.4) is 0 Å². The zero-order valence-electron chi connectivity index (χ0n) is 43.2. The lowest BCUT2D eigenvalue weighted by atomic mass is 9.99. The van der Waals surface area contributed by atoms with Crippen molar-refractivity contribution in [1.82, 2.24) is 9.80 Å². The zero-order chi connectivity index (χ0) is 51.1. The van der Waals surface area contributed by atoms with E-state index in [4.69, 9.17) is 18.4 Å². The zero-order valence-corrected chi connectivity index (χ0v) is 29.0. The summed E-state index contributed by atoms with van der Waals surface area (Å²) in [6.07, 6.45) is -14.9. The summed E-state index contributed by atoms with van der Waals surface area (Å²) in [6, 6.07) is 5.66. The maximum atomic E-state index is 15.3. The molecule has 2 aliphatic heterocycles. The van der Waals surface area contributed by atoms with Crippen LogP contribution in [0.2, 0.25) is 0 Å². The van der Waals surface area contributed by atoms with Crippen LogP contribution >= 0.6 is 11.8 Å². The molecule has 1 N–H and O–H groups in total. The van der Waals surface area contributed by atoms with Crippen LogP contribution in [-0.2, 0) is 28.0 Å². The van der Waals surface area contributed by atoms with Gasteiger partial charge in [-0.1, -0.05) is 66.2 Å². The normalized spacial score (nSPS) is 25.7. The van der Waals surface area contributed by atoms with E-state index in [1.165, 1.54) is 55.5 Å². The van der Waals surface area contributed by atoms with Crippen molar-refractivity contribution in [2.24, 2.45) is 0 Å². The molecule has 0 radical (unpaired) electrons. The minimum absolute atomic E-state index is 0.0773. The van der Waals surface area contributed by atoms with E-state index in [0.717, 1.165) is 30.2 Å². The van der Waals surface area contributed by atoms with Crippen molar-refractivity contribution < 1.29 is 57.2 Å². The van der Waals surface area contributed by atoms with Crippen LogP contribution in [0.4, 0.5) is 27.6 Å². The average molecular weight is 767 g/mol. The lowest BCUT2D eigenvalue weighted by molar-refractivity contribution is -0.137. The number of rotatable bonds is 12. The number of methoxy groups -OCH3 is 1. The number of alkyl halides is 3. The molecule has 280 valence electrons. The Kier molecular flexibility index (Phi) is 7.48. The van der Waals surface area contributed by atoms with Gasteiger partial charge in [-0.25, -0.2) is 8.78 Å². The molecule has 0 bridgehead atoms. The minimum Gasteiger partial charge on any atom is -0.384 e. The van der Waals surface area contributed by atoms with E-state index < -0.39 is 140 Å². The molecule has 2 aliphatic rings. The van der Waals surface area contributed by atoms with Crippen molar-refractivity contribution in [3.05, 3.63) is 135 Å². The molecule has 1 unspecified atom stereocenters. The Morgan fingerprint density at radius 1 is 1.08 bits per heavy atom. The highest BCUT2D eigenvalue weighted by Gasteiger charge is 2.33. The molecule has 53 heavy (non-hydrogen) atoms. The van der Waals surface area contributed by atoms with E-state index in [0.29, 0.717) is 17.3 Å². The molecule has 6 rings (SSSR count). The summed E-state index contributed by atoms with van der Waals surface area (Å²) in [5, 5.41) is 11.0. The number of halogens is 5. The van der Waals surface area contributed by atoms with Gasteiger partial charge in [0, 0.05) is 75.4 Å². The van der Waals surface area contributed by atoms with E-state index in [2.05, 4.69) is 0 Å². The SMILES string of the molecule is [2H]C1=C(SCc2cccc(F)c2F)N(CC(=O)N(Cc2ccc(-c3ccc(C(F)(F)F)cc3)cc2)C2([2H])C([2H])([2H])C([2H])([2H])N(C([2H])([2H])COC)C([2H])([2H])C2([2H])[2H])c2c([2H])c([2H])c(C)c([2H])c2C1O. The van der Waals surface area contributed by atoms with Crippen LogP contribution in [0.5, 0.6) is 0 Å². The topological polar surface area (TPSA) is 56.3 Å². The first-order chi connectivity index (χ1) is 31.2. The summed E-state index contributed by atoms with van der Waals surface area (Å²) in [5.74, 6) is -4.63. The Morgan fingerprint density at radius 2 is 1.75 bits per heavy atom. The van der Waals surface area contributed by atoms with Crippen LogP contribution < -0.4 is 4.90 Å². The largest absolute Gasteiger partial charge is 0.416 e. The molecule has 4 aromatic carbocycles. The summed E-state index contributed by atoms with van der Waals surface area (Å²) < 4.78 is 209. The number of piperidine rings is 1. The van der Waals surface area contributed by atoms with Gasteiger partial charge in [0.2, 0.25) is 5.91 Å². The summed E-state index contributed by atoms with van der Waals surface area (Å²) in [6.45, 7) is -13.6. The van der Waals surface area contributed by atoms with Crippen LogP contribution in [0.1, 0.15) is 67.2 Å². The smallest absolute Gasteiger partial charge is 0.384 e. The first-order valence-corrected chi connectivity index (χ1v) is 16.9. The average Bonchev–Trinajstić information content (AvgIpc) is 3.25. The standard InChI is InChI=1S/C41H42F5N3O3S/c1-27-6-15-36-34(22-27)37(50)23-39(53-26-31-4-3-5-35(42)40(31)43)49(36)25-38(51)48(33-16-18-47(19-17-33)20-21-52-2)24-28-7-9-29(10-8-28)30-11-13-32(14-12-30)41(44,45)46/h3-15,22-23,33,37,50H,16-21,24-26H2,1-2H3/i6D,15D,16D2,17D2,18D2,19D2,20D2,22D,23D,33D. The van der Waals surface area contributed by atoms with Gasteiger partial charge in [-0.05, 0) is 66.7 Å². The van der Waals surface area contributed by atoms with Crippen LogP contribution in [0.25, 0.3) is 11.1 Å². The van der Waals surface area contributed by atoms with Gasteiger partial charge in [0.05, 0.1) is 24.1 Å². The van der Waals surface area contributed by atoms with Crippen molar-refractivity contribution in [3.8, 4) is 11.1 Å². The van der Waals surface area contributed by atoms with Gasteiger partial charge < -0.3 is 24.5 Å². The Labute approximate surface area is 331 Å². The van der Waals surface area contributed by atoms with Gasteiger partial charge in [-0.2, -0.15) is 13.2 Å². The lowest BCUT2D eigenvalue weighted by Gasteiger charge is -2.40. The number of fused-ring (bicyclic) bond motifs is 1. The first-order valence-electron chi connectivity index (χ1n) is 23.4. The van der Waals surface area contributed by atoms with E-state index in [-0.39, 0.29) is 32.1 Å². The lowest BCUT2D eigenvalue weighted by Crippen LogP contribution is -2.50. The number of nitrogens with zero attached hydrogens (tertiary/aromatic N) is 3. The minimum atomic E-state index is -4.64. The van der Waals surface area contributed by atoms with Crippen molar-refractivity contribution in [1.29, 1.82) is 0 Å². The Bertz CT molecular complexity index is 2610. The van der Waals surface area contributed by atoms with Gasteiger partial charge in [0.25, 0.3) is 0 Å². The number of anilines is 1. The number of carbonyl (C=O) groups is 1. The number of carbonyl (C=O) groups excluding carboxylic acids is 1. The number of benzene rings is 4. The predicted molar refractivity (Wildman–Crippen MR) is 198 cm³/mol. The summed E-state index contributed by atoms with van der Waals surface area (Å²) in [7, 11) is 0.959. The number of amides is 1. The van der Waals surface area contributed by atoms with Crippen molar-refractivity contribution in [2.75, 3.05) is 44.7 Å². The maximum Gasteiger partial charge on any atom is 0.416 e. The summed E-state index contributed by atoms with van der Waals surface area (Å²) in [5.41, 5.74) is -1.88. The number of ether oxygens (including phenoxy) is 1. The molecule has 12 heteroatoms. The molecule has 6 nitrogen and oxygen atoms in total. The number of aliphatic hydroxyl groups excluding tert-OH is 1. The van der Waals surface area contributed by atoms with Gasteiger partial charge in [-0.15, -0.1) is 11.8 Å². The molecular formula is C41H42F5N3O3S. The molecule has 0 aliphatic carbocycles. The highest BCUT2D eigenvalue weighted by Crippen LogP contribution is 2.41. The molecule has 1 saturated heterocycles. The van der Waals surface area contributed by atoms with Gasteiger partial charge >= 0.3 is 6.18 Å². The highest BCUT2D eigenvalue weighted by molar-refractivity contribution is 8.02. The molecule has 1 amide bonds. The van der Waals surface area contributed by atoms with Gasteiger partial charge in [0.15, 0.2) is 11.6 Å². The number of aliphatic hydroxyl groups is 1. The fourth-order valence-electron chi connectivity index (χ4n) is 5.34. The molecule has 1 atom stereocenters. The molecule has 0 saturated carbocycles. The summed E-state index contributed by atoms with van der Waals surface area (Å²) >= 11 is 0.519. The van der Waals surface area contributed by atoms with E-state index in [9.17, 15) is 33.9 Å². The van der Waals surface area contributed by atoms with E-state index in [1.807, 2.05) is 0 Å². The quantitative estimate of drug-likeness (QED) is 0.146. The Balaban J connectivity index is 1.56. The molecule has 4 aromatic rings. The maximum absolute atomic E-state index is 15.3. The highest BCUT2D eigenvalue weighted by atomic mass is 32.2. The fourth-order valence-corrected chi connectivity index (χ4v) is 6.36. The van der Waals surface area contributed by atoms with E-state index in [1.54, 1.807) is 0 Å². The van der Waals surface area contributed by atoms with Crippen molar-refractivity contribution in [3.63, 3.8) is 0 Å². The Hall–Kier alpha value is -4.23. The summed E-state index contributed by atoms with van der Waals surface area (Å²) in [4.78, 5) is 15.9. The second-order valence-electron chi connectivity index (χ2n) is 11.7. The molecule has 0 aromatic heterocycles. The third-order valence-electron chi connectivity index (χ3n) is 8.03. The van der Waals surface area contributed by atoms with Crippen molar-refractivity contribution in [2.45, 2.75) is 50.3 Å². The second-order valence-corrected chi connectivity index (χ2v) is 12.7. The molecule has 1 fully saturated rings. The van der Waals surface area contributed by atoms with Gasteiger partial charge in [-0.3, -0.25) is 4.79 Å². The predicted octanol–water partition coefficient (Wildman–Crippen LogP) is 8.73. The number of likely N-dealkylation sites (tertiary alicyclic amines) is 1. The van der Waals surface area contributed by atoms with E-state index >= 15 is 4.79 Å². The van der Waals surface area contributed by atoms with Crippen molar-refractivity contribution >= 4 is 23.4 Å². The van der Waals surface area contributed by atoms with Gasteiger partial charge in [0.1, 0.15) is 12.6 Å². The number of hydrogen-bond donors (Lipinski definition) is 1. The monoisotopic (exact) mass is 766 g/mol. The molecule has 0 spiro atoms. The van der Waals surface area contributed by atoms with Crippen LogP contribution in [0, 0.1) is 18.6 Å². The first kappa shape index (κ1) is 23.5. The molecular weight excluding hydrogens is 710 g/mol. The second kappa shape index (κ2) is 16.8. The number of thioether (sulfide) groups is 1. The fraction of sp³-hybridized carbons (Fsp3) is 0.341. The third-order valence-corrected chi connectivity index (χ3v) is 9.10. The molecule has 2 heterocycles. The van der Waals surface area contributed by atoms with Crippen LogP contribution in [-0.4, -0.2) is 66.6 Å².